The Morgan fingerprint density at radius 3 is 2.77 bits per heavy atom. The number of aryl methyl sites for hydroxylation is 1. The number of thioether (sulfide) groups is 1. The number of rotatable bonds is 7. The summed E-state index contributed by atoms with van der Waals surface area (Å²) in [6.45, 7) is 6.03. The van der Waals surface area contributed by atoms with Crippen LogP contribution >= 0.6 is 46.0 Å². The molecule has 1 unspecified atom stereocenters. The number of benzene rings is 1. The van der Waals surface area contributed by atoms with Gasteiger partial charge in [-0.3, -0.25) is 19.8 Å². The molecule has 3 heterocycles. The number of aromatic nitrogens is 4. The van der Waals surface area contributed by atoms with Crippen molar-refractivity contribution in [2.45, 2.75) is 50.3 Å². The van der Waals surface area contributed by atoms with Crippen LogP contribution in [0.15, 0.2) is 51.3 Å². The molecule has 5 rings (SSSR count). The van der Waals surface area contributed by atoms with Gasteiger partial charge in [0.2, 0.25) is 16.2 Å². The van der Waals surface area contributed by atoms with E-state index in [9.17, 15) is 14.9 Å². The van der Waals surface area contributed by atoms with Gasteiger partial charge in [0, 0.05) is 22.7 Å². The van der Waals surface area contributed by atoms with Gasteiger partial charge in [-0.15, -0.1) is 20.4 Å². The lowest BCUT2D eigenvalue weighted by molar-refractivity contribution is -0.118. The van der Waals surface area contributed by atoms with Crippen LogP contribution in [0.1, 0.15) is 50.1 Å². The third-order valence-electron chi connectivity index (χ3n) is 6.49. The molecule has 40 heavy (non-hydrogen) atoms. The van der Waals surface area contributed by atoms with Gasteiger partial charge in [0.25, 0.3) is 0 Å². The van der Waals surface area contributed by atoms with Crippen molar-refractivity contribution in [3.63, 3.8) is 0 Å². The van der Waals surface area contributed by atoms with Crippen molar-refractivity contribution in [2.75, 3.05) is 16.0 Å². The van der Waals surface area contributed by atoms with Crippen molar-refractivity contribution < 1.29 is 9.59 Å². The molecule has 2 aromatic heterocycles. The van der Waals surface area contributed by atoms with Gasteiger partial charge < -0.3 is 5.73 Å². The second-order valence-electron chi connectivity index (χ2n) is 10.1. The first kappa shape index (κ1) is 28.2. The summed E-state index contributed by atoms with van der Waals surface area (Å²) in [7, 11) is 0. The van der Waals surface area contributed by atoms with Crippen LogP contribution in [0.4, 0.5) is 10.3 Å². The summed E-state index contributed by atoms with van der Waals surface area (Å²) < 4.78 is 0.545. The predicted molar refractivity (Wildman–Crippen MR) is 157 cm³/mol. The molecular formula is C26H25ClN8O2S3. The van der Waals surface area contributed by atoms with E-state index < -0.39 is 5.92 Å². The Labute approximate surface area is 248 Å². The Hall–Kier alpha value is -3.31. The molecule has 206 valence electrons. The Morgan fingerprint density at radius 2 is 2.08 bits per heavy atom. The van der Waals surface area contributed by atoms with Crippen LogP contribution in [0.2, 0.25) is 5.02 Å². The number of nitrogens with one attached hydrogen (secondary N) is 1. The quantitative estimate of drug-likeness (QED) is 0.337. The van der Waals surface area contributed by atoms with Gasteiger partial charge in [-0.05, 0) is 36.0 Å². The van der Waals surface area contributed by atoms with E-state index in [0.717, 1.165) is 17.0 Å². The van der Waals surface area contributed by atoms with Gasteiger partial charge >= 0.3 is 0 Å². The minimum atomic E-state index is -0.627. The molecule has 3 aromatic rings. The van der Waals surface area contributed by atoms with Crippen molar-refractivity contribution in [1.29, 1.82) is 5.26 Å². The number of hydrogen-bond acceptors (Lipinski definition) is 12. The van der Waals surface area contributed by atoms with E-state index in [1.54, 1.807) is 23.1 Å². The first-order valence-corrected chi connectivity index (χ1v) is 15.4. The van der Waals surface area contributed by atoms with E-state index >= 15 is 0 Å². The first-order chi connectivity index (χ1) is 19.1. The second-order valence-corrected chi connectivity index (χ2v) is 13.8. The molecule has 1 atom stereocenters. The lowest BCUT2D eigenvalue weighted by atomic mass is 9.69. The van der Waals surface area contributed by atoms with Crippen LogP contribution < -0.4 is 16.0 Å². The zero-order chi connectivity index (χ0) is 28.6. The van der Waals surface area contributed by atoms with E-state index in [4.69, 9.17) is 17.3 Å². The number of amides is 1. The Morgan fingerprint density at radius 1 is 1.27 bits per heavy atom. The standard InChI is InChI=1S/C26H25ClN8O2S3/c1-4-19-31-32-23(39-19)30-18(37)12-38-25-34-33-24(40-25)35-16-9-26(2,3)10-17(36)21(16)20(15(11-28)22(35)29)13-6-5-7-14(27)8-13/h5-8,20H,4,9-10,12,29H2,1-3H3,(H,30,32,37). The lowest BCUT2D eigenvalue weighted by Crippen LogP contribution is -2.42. The normalized spacial score (nSPS) is 18.5. The Bertz CT molecular complexity index is 1600. The molecule has 1 aliphatic heterocycles. The number of carbonyl (C=O) groups is 2. The van der Waals surface area contributed by atoms with Crippen LogP contribution in [0.25, 0.3) is 0 Å². The van der Waals surface area contributed by atoms with Crippen LogP contribution in [0.3, 0.4) is 0 Å². The molecule has 10 nitrogen and oxygen atoms in total. The topological polar surface area (TPSA) is 151 Å². The highest BCUT2D eigenvalue weighted by Gasteiger charge is 2.45. The number of hydrogen-bond donors (Lipinski definition) is 2. The van der Waals surface area contributed by atoms with Crippen LogP contribution in [-0.4, -0.2) is 37.8 Å². The van der Waals surface area contributed by atoms with Crippen LogP contribution in [-0.2, 0) is 16.0 Å². The van der Waals surface area contributed by atoms with E-state index in [0.29, 0.717) is 43.7 Å². The molecular weight excluding hydrogens is 588 g/mol. The zero-order valence-electron chi connectivity index (χ0n) is 21.9. The molecule has 0 bridgehead atoms. The third kappa shape index (κ3) is 5.62. The zero-order valence-corrected chi connectivity index (χ0v) is 25.1. The molecule has 2 aliphatic rings. The van der Waals surface area contributed by atoms with E-state index in [-0.39, 0.29) is 34.3 Å². The number of nitriles is 1. The summed E-state index contributed by atoms with van der Waals surface area (Å²) in [5.41, 5.74) is 8.56. The summed E-state index contributed by atoms with van der Waals surface area (Å²) in [5.74, 6) is -0.609. The summed E-state index contributed by atoms with van der Waals surface area (Å²) >= 11 is 10.1. The number of nitrogens with zero attached hydrogens (tertiary/aromatic N) is 6. The van der Waals surface area contributed by atoms with E-state index in [1.807, 2.05) is 26.8 Å². The molecule has 3 N–H and O–H groups in total. The van der Waals surface area contributed by atoms with Crippen molar-refractivity contribution in [3.8, 4) is 6.07 Å². The van der Waals surface area contributed by atoms with Crippen LogP contribution in [0, 0.1) is 16.7 Å². The Kier molecular flexibility index (Phi) is 7.96. The van der Waals surface area contributed by atoms with Crippen LogP contribution in [0.5, 0.6) is 0 Å². The summed E-state index contributed by atoms with van der Waals surface area (Å²) in [6.07, 6.45) is 1.64. The largest absolute Gasteiger partial charge is 0.384 e. The fourth-order valence-corrected chi connectivity index (χ4v) is 7.40. The summed E-state index contributed by atoms with van der Waals surface area (Å²) in [5, 5.41) is 31.8. The number of ketones is 1. The molecule has 0 saturated heterocycles. The smallest absolute Gasteiger partial charge is 0.236 e. The monoisotopic (exact) mass is 612 g/mol. The maximum atomic E-state index is 13.6. The fourth-order valence-electron chi connectivity index (χ4n) is 4.83. The average molecular weight is 613 g/mol. The van der Waals surface area contributed by atoms with E-state index in [1.165, 1.54) is 34.4 Å². The molecule has 0 fully saturated rings. The molecule has 1 aromatic carbocycles. The average Bonchev–Trinajstić information content (AvgIpc) is 3.55. The van der Waals surface area contributed by atoms with Gasteiger partial charge in [-0.2, -0.15) is 5.26 Å². The molecule has 0 radical (unpaired) electrons. The minimum absolute atomic E-state index is 0.0415. The van der Waals surface area contributed by atoms with Gasteiger partial charge in [-0.25, -0.2) is 0 Å². The molecule has 0 spiro atoms. The molecule has 0 saturated carbocycles. The highest BCUT2D eigenvalue weighted by atomic mass is 35.5. The number of anilines is 2. The SMILES string of the molecule is CCc1nnc(NC(=O)CSc2nnc(N3C(N)=C(C#N)C(c4cccc(Cl)c4)C4=C3CC(C)(C)CC4=O)s2)s1. The highest BCUT2D eigenvalue weighted by molar-refractivity contribution is 8.01. The summed E-state index contributed by atoms with van der Waals surface area (Å²) in [4.78, 5) is 27.8. The van der Waals surface area contributed by atoms with Gasteiger partial charge in [-0.1, -0.05) is 78.9 Å². The Balaban J connectivity index is 1.46. The van der Waals surface area contributed by atoms with Gasteiger partial charge in [0.15, 0.2) is 10.1 Å². The van der Waals surface area contributed by atoms with Gasteiger partial charge in [0.05, 0.1) is 23.3 Å². The molecule has 1 amide bonds. The van der Waals surface area contributed by atoms with Crippen molar-refractivity contribution in [1.82, 2.24) is 20.4 Å². The highest BCUT2D eigenvalue weighted by Crippen LogP contribution is 2.50. The van der Waals surface area contributed by atoms with Crippen molar-refractivity contribution in [2.24, 2.45) is 11.1 Å². The van der Waals surface area contributed by atoms with E-state index in [2.05, 4.69) is 31.8 Å². The molecule has 1 aliphatic carbocycles. The molecule has 14 heteroatoms. The summed E-state index contributed by atoms with van der Waals surface area (Å²) in [6, 6.07) is 9.40. The lowest BCUT2D eigenvalue weighted by Gasteiger charge is -2.42. The van der Waals surface area contributed by atoms with Crippen molar-refractivity contribution >= 4 is 68.0 Å². The number of halogens is 1. The first-order valence-electron chi connectivity index (χ1n) is 12.4. The minimum Gasteiger partial charge on any atom is -0.384 e. The predicted octanol–water partition coefficient (Wildman–Crippen LogP) is 5.28. The fraction of sp³-hybridized carbons (Fsp3) is 0.346. The maximum Gasteiger partial charge on any atom is 0.236 e. The maximum absolute atomic E-state index is 13.6. The second kappa shape index (κ2) is 11.3. The number of carbonyl (C=O) groups excluding carboxylic acids is 2. The number of allylic oxidation sites excluding steroid dienone is 3. The number of nitrogens with two attached hydrogens (primary N) is 1. The van der Waals surface area contributed by atoms with Gasteiger partial charge in [0.1, 0.15) is 10.8 Å². The third-order valence-corrected chi connectivity index (χ3v) is 9.75. The number of Topliss-reactive ketones (excluding diaryl/α,β-unsaturated/α-hetero) is 1. The van der Waals surface area contributed by atoms with Crippen molar-refractivity contribution in [3.05, 3.63) is 62.5 Å².